The summed E-state index contributed by atoms with van der Waals surface area (Å²) in [5.74, 6) is -0.266. The second-order valence-electron chi connectivity index (χ2n) is 13.1. The maximum Gasteiger partial charge on any atom is 0.327 e. The lowest BCUT2D eigenvalue weighted by Crippen LogP contribution is -2.36. The zero-order chi connectivity index (χ0) is 37.3. The van der Waals surface area contributed by atoms with Gasteiger partial charge in [0, 0.05) is 36.2 Å². The summed E-state index contributed by atoms with van der Waals surface area (Å²) in [5.41, 5.74) is 2.08. The van der Waals surface area contributed by atoms with Crippen molar-refractivity contribution in [1.29, 1.82) is 0 Å². The predicted molar refractivity (Wildman–Crippen MR) is 194 cm³/mol. The van der Waals surface area contributed by atoms with Crippen LogP contribution in [0, 0.1) is 0 Å². The van der Waals surface area contributed by atoms with Crippen LogP contribution >= 0.6 is 15.9 Å². The number of carbonyl (C=O) groups is 1. The Kier molecular flexibility index (Phi) is 11.8. The number of halogens is 1. The fraction of sp³-hybridized carbons (Fsp3) is 0.424. The molecule has 0 saturated carbocycles. The smallest absolute Gasteiger partial charge is 0.327 e. The molecule has 0 radical (unpaired) electrons. The molecule has 0 amide bonds. The fourth-order valence-electron chi connectivity index (χ4n) is 6.30. The highest BCUT2D eigenvalue weighted by Gasteiger charge is 2.44. The first-order chi connectivity index (χ1) is 23.0. The van der Waals surface area contributed by atoms with E-state index < -0.39 is 46.9 Å². The molecule has 2 aromatic rings. The van der Waals surface area contributed by atoms with E-state index in [-0.39, 0.29) is 42.2 Å². The summed E-state index contributed by atoms with van der Waals surface area (Å²) in [6.45, 7) is 7.83. The molecule has 272 valence electrons. The minimum Gasteiger partial charge on any atom is -0.344 e. The SMILES string of the molecule is CC(=O)CCC1(C)\C(=C/C=C/C=C/C2=Nc3c(cc(Br)c[n+]3CCCS(=O)(=O)O)C2(C)C)N(CCCS(=O)(=O)O)c2ccc(S(=O)(=O)O)cc21. The van der Waals surface area contributed by atoms with E-state index in [1.807, 2.05) is 54.7 Å². The van der Waals surface area contributed by atoms with Crippen molar-refractivity contribution in [2.24, 2.45) is 4.99 Å². The number of aromatic nitrogens is 1. The number of nitrogens with zero attached hydrogens (tertiary/aromatic N) is 3. The third kappa shape index (κ3) is 9.43. The highest BCUT2D eigenvalue weighted by molar-refractivity contribution is 9.10. The van der Waals surface area contributed by atoms with Crippen LogP contribution in [-0.4, -0.2) is 68.5 Å². The van der Waals surface area contributed by atoms with E-state index in [9.17, 15) is 39.2 Å². The van der Waals surface area contributed by atoms with Gasteiger partial charge in [-0.05, 0) is 103 Å². The molecular weight excluding hydrogens is 774 g/mol. The van der Waals surface area contributed by atoms with Crippen LogP contribution < -0.4 is 9.47 Å². The largest absolute Gasteiger partial charge is 0.344 e. The zero-order valence-electron chi connectivity index (χ0n) is 28.1. The van der Waals surface area contributed by atoms with Gasteiger partial charge in [-0.25, -0.2) is 4.57 Å². The number of carbonyl (C=O) groups excluding carboxylic acids is 1. The second kappa shape index (κ2) is 14.9. The van der Waals surface area contributed by atoms with Crippen molar-refractivity contribution in [2.75, 3.05) is 23.0 Å². The number of ketones is 1. The lowest BCUT2D eigenvalue weighted by molar-refractivity contribution is -0.684. The molecule has 13 nitrogen and oxygen atoms in total. The Morgan fingerprint density at radius 3 is 2.22 bits per heavy atom. The normalized spacial score (nSPS) is 19.8. The maximum atomic E-state index is 12.1. The van der Waals surface area contributed by atoms with Crippen molar-refractivity contribution in [3.63, 3.8) is 0 Å². The van der Waals surface area contributed by atoms with Crippen LogP contribution in [0.1, 0.15) is 64.5 Å². The summed E-state index contributed by atoms with van der Waals surface area (Å²) in [4.78, 5) is 18.5. The number of benzene rings is 1. The molecule has 0 spiro atoms. The Balaban J connectivity index is 1.69. The molecule has 2 aliphatic rings. The summed E-state index contributed by atoms with van der Waals surface area (Å²) < 4.78 is 101. The van der Waals surface area contributed by atoms with Crippen molar-refractivity contribution in [3.05, 3.63) is 82.1 Å². The topological polar surface area (TPSA) is 200 Å². The average Bonchev–Trinajstić information content (AvgIpc) is 3.36. The molecular formula is C33H41BrN3O10S3+. The summed E-state index contributed by atoms with van der Waals surface area (Å²) in [6, 6.07) is 6.13. The number of anilines is 1. The van der Waals surface area contributed by atoms with E-state index in [4.69, 9.17) is 9.55 Å². The van der Waals surface area contributed by atoms with Crippen LogP contribution in [0.25, 0.3) is 0 Å². The molecule has 0 fully saturated rings. The van der Waals surface area contributed by atoms with E-state index in [0.29, 0.717) is 35.7 Å². The molecule has 1 aromatic carbocycles. The lowest BCUT2D eigenvalue weighted by Gasteiger charge is -2.30. The number of pyridine rings is 1. The Morgan fingerprint density at radius 2 is 1.60 bits per heavy atom. The van der Waals surface area contributed by atoms with Gasteiger partial charge in [-0.1, -0.05) is 18.2 Å². The maximum absolute atomic E-state index is 12.1. The number of fused-ring (bicyclic) bond motifs is 2. The third-order valence-corrected chi connectivity index (χ3v) is 11.8. The van der Waals surface area contributed by atoms with Crippen molar-refractivity contribution in [3.8, 4) is 0 Å². The van der Waals surface area contributed by atoms with Gasteiger partial charge < -0.3 is 9.69 Å². The number of hydrogen-bond donors (Lipinski definition) is 3. The van der Waals surface area contributed by atoms with Gasteiger partial charge in [0.2, 0.25) is 0 Å². The van der Waals surface area contributed by atoms with Crippen LogP contribution in [0.4, 0.5) is 11.5 Å². The van der Waals surface area contributed by atoms with E-state index >= 15 is 0 Å². The molecule has 0 bridgehead atoms. The molecule has 3 N–H and O–H groups in total. The fourth-order valence-corrected chi connectivity index (χ4v) is 8.27. The molecule has 0 saturated heterocycles. The van der Waals surface area contributed by atoms with Gasteiger partial charge in [0.1, 0.15) is 12.0 Å². The van der Waals surface area contributed by atoms with Crippen LogP contribution in [0.3, 0.4) is 0 Å². The van der Waals surface area contributed by atoms with Crippen LogP contribution in [0.2, 0.25) is 0 Å². The van der Waals surface area contributed by atoms with Crippen molar-refractivity contribution in [1.82, 2.24) is 0 Å². The summed E-state index contributed by atoms with van der Waals surface area (Å²) in [5, 5.41) is 0. The monoisotopic (exact) mass is 814 g/mol. The van der Waals surface area contributed by atoms with Crippen LogP contribution in [0.15, 0.2) is 80.9 Å². The van der Waals surface area contributed by atoms with Gasteiger partial charge in [-0.15, -0.1) is 0 Å². The Morgan fingerprint density at radius 1 is 0.940 bits per heavy atom. The van der Waals surface area contributed by atoms with Crippen molar-refractivity contribution < 1.29 is 48.3 Å². The summed E-state index contributed by atoms with van der Waals surface area (Å²) in [6.07, 6.45) is 11.6. The highest BCUT2D eigenvalue weighted by Crippen LogP contribution is 2.51. The number of Topliss-reactive ketones (excluding diaryl/α,β-unsaturated/α-hetero) is 1. The minimum atomic E-state index is -4.54. The number of hydrogen-bond acceptors (Lipinski definition) is 9. The summed E-state index contributed by atoms with van der Waals surface area (Å²) in [7, 11) is -12.9. The van der Waals surface area contributed by atoms with Gasteiger partial charge in [-0.2, -0.15) is 25.3 Å². The van der Waals surface area contributed by atoms with Crippen LogP contribution in [-0.2, 0) is 52.5 Å². The first kappa shape index (κ1) is 39.7. The van der Waals surface area contributed by atoms with E-state index in [2.05, 4.69) is 15.9 Å². The van der Waals surface area contributed by atoms with Gasteiger partial charge >= 0.3 is 5.82 Å². The Hall–Kier alpha value is -3.06. The zero-order valence-corrected chi connectivity index (χ0v) is 32.1. The van der Waals surface area contributed by atoms with Gasteiger partial charge in [0.15, 0.2) is 5.71 Å². The summed E-state index contributed by atoms with van der Waals surface area (Å²) >= 11 is 3.52. The number of rotatable bonds is 15. The lowest BCUT2D eigenvalue weighted by atomic mass is 9.77. The molecule has 1 unspecified atom stereocenters. The van der Waals surface area contributed by atoms with Crippen molar-refractivity contribution >= 4 is 69.3 Å². The number of aliphatic imine (C=N–C) groups is 1. The third-order valence-electron chi connectivity index (χ3n) is 8.91. The Labute approximate surface area is 301 Å². The van der Waals surface area contributed by atoms with Gasteiger partial charge in [0.05, 0.1) is 38.4 Å². The van der Waals surface area contributed by atoms with E-state index in [0.717, 1.165) is 15.7 Å². The molecule has 4 rings (SSSR count). The molecule has 3 heterocycles. The minimum absolute atomic E-state index is 0.0590. The van der Waals surface area contributed by atoms with Gasteiger partial charge in [0.25, 0.3) is 30.4 Å². The molecule has 2 aliphatic heterocycles. The molecule has 17 heteroatoms. The van der Waals surface area contributed by atoms with Crippen molar-refractivity contribution in [2.45, 2.75) is 75.6 Å². The van der Waals surface area contributed by atoms with E-state index in [1.165, 1.54) is 25.1 Å². The highest BCUT2D eigenvalue weighted by atomic mass is 79.9. The molecule has 1 aromatic heterocycles. The molecule has 1 atom stereocenters. The second-order valence-corrected chi connectivity index (χ2v) is 18.6. The quantitative estimate of drug-likeness (QED) is 0.124. The number of aryl methyl sites for hydroxylation is 1. The van der Waals surface area contributed by atoms with E-state index in [1.54, 1.807) is 18.2 Å². The number of allylic oxidation sites excluding steroid dienone is 6. The molecule has 0 aliphatic carbocycles. The Bertz CT molecular complexity index is 2140. The standard InChI is InChI=1S/C33H40BrN3O10S3/c1-23(38)14-15-33(4)26-21-25(50(45,46)47)12-13-28(26)37(17-9-19-49(42,43)44)30(33)11-7-5-6-10-29-32(2,3)27-20-24(34)22-36(31(27)35-29)16-8-18-48(39,40)41/h5-7,10-13,20-22H,8-9,14-19H2,1-4H3,(H2-,39,40,41,42,43,44,45,46,47)/p+1. The first-order valence-corrected chi connectivity index (χ1v) is 21.2. The molecule has 50 heavy (non-hydrogen) atoms. The average molecular weight is 816 g/mol. The van der Waals surface area contributed by atoms with Crippen LogP contribution in [0.5, 0.6) is 0 Å². The van der Waals surface area contributed by atoms with Gasteiger partial charge in [-0.3, -0.25) is 13.7 Å². The first-order valence-electron chi connectivity index (χ1n) is 15.7. The predicted octanol–water partition coefficient (Wildman–Crippen LogP) is 5.05.